The van der Waals surface area contributed by atoms with Gasteiger partial charge in [-0.05, 0) is 44.0 Å². The summed E-state index contributed by atoms with van der Waals surface area (Å²) in [6.45, 7) is 4.35. The lowest BCUT2D eigenvalue weighted by atomic mass is 10.1. The molecule has 19 heavy (non-hydrogen) atoms. The number of benzene rings is 1. The molecule has 1 rings (SSSR count). The van der Waals surface area contributed by atoms with Crippen LogP contribution in [0.25, 0.3) is 0 Å². The predicted octanol–water partition coefficient (Wildman–Crippen LogP) is 2.33. The summed E-state index contributed by atoms with van der Waals surface area (Å²) < 4.78 is 10.5. The second-order valence-electron chi connectivity index (χ2n) is 4.44. The molecule has 104 valence electrons. The monoisotopic (exact) mass is 263 g/mol. The van der Waals surface area contributed by atoms with E-state index in [1.54, 1.807) is 20.3 Å². The summed E-state index contributed by atoms with van der Waals surface area (Å²) in [4.78, 5) is 11.5. The molecule has 0 spiro atoms. The van der Waals surface area contributed by atoms with Crippen molar-refractivity contribution in [1.29, 1.82) is 0 Å². The van der Waals surface area contributed by atoms with Gasteiger partial charge in [0.15, 0.2) is 0 Å². The van der Waals surface area contributed by atoms with Crippen LogP contribution in [0.2, 0.25) is 0 Å². The number of rotatable bonds is 6. The summed E-state index contributed by atoms with van der Waals surface area (Å²) >= 11 is 0. The number of hydrogen-bond acceptors (Lipinski definition) is 3. The van der Waals surface area contributed by atoms with Crippen molar-refractivity contribution in [3.63, 3.8) is 0 Å². The highest BCUT2D eigenvalue weighted by atomic mass is 16.5. The third-order valence-electron chi connectivity index (χ3n) is 2.60. The topological polar surface area (TPSA) is 47.6 Å². The van der Waals surface area contributed by atoms with Crippen LogP contribution in [-0.2, 0) is 11.2 Å². The first kappa shape index (κ1) is 15.1. The van der Waals surface area contributed by atoms with Crippen molar-refractivity contribution >= 4 is 5.91 Å². The van der Waals surface area contributed by atoms with Gasteiger partial charge in [-0.1, -0.05) is 5.57 Å². The number of hydrogen-bond donors (Lipinski definition) is 1. The van der Waals surface area contributed by atoms with Gasteiger partial charge in [0.1, 0.15) is 11.5 Å². The van der Waals surface area contributed by atoms with Crippen molar-refractivity contribution in [2.24, 2.45) is 0 Å². The molecular weight excluding hydrogens is 242 g/mol. The van der Waals surface area contributed by atoms with Crippen LogP contribution in [0.1, 0.15) is 19.4 Å². The zero-order valence-electron chi connectivity index (χ0n) is 11.9. The lowest BCUT2D eigenvalue weighted by molar-refractivity contribution is -0.116. The molecule has 1 N–H and O–H groups in total. The number of carbonyl (C=O) groups excluding carboxylic acids is 1. The van der Waals surface area contributed by atoms with E-state index in [0.717, 1.165) is 22.6 Å². The number of allylic oxidation sites excluding steroid dienone is 1. The summed E-state index contributed by atoms with van der Waals surface area (Å²) in [5.41, 5.74) is 2.00. The fraction of sp³-hybridized carbons (Fsp3) is 0.400. The average molecular weight is 263 g/mol. The van der Waals surface area contributed by atoms with Crippen molar-refractivity contribution in [1.82, 2.24) is 5.32 Å². The van der Waals surface area contributed by atoms with Crippen LogP contribution in [0.4, 0.5) is 0 Å². The van der Waals surface area contributed by atoms with E-state index in [0.29, 0.717) is 13.0 Å². The van der Waals surface area contributed by atoms with Crippen LogP contribution in [-0.4, -0.2) is 26.7 Å². The van der Waals surface area contributed by atoms with Crippen molar-refractivity contribution in [2.75, 3.05) is 20.8 Å². The largest absolute Gasteiger partial charge is 0.497 e. The molecule has 0 aliphatic carbocycles. The Labute approximate surface area is 114 Å². The summed E-state index contributed by atoms with van der Waals surface area (Å²) in [6, 6.07) is 5.64. The van der Waals surface area contributed by atoms with Gasteiger partial charge in [-0.2, -0.15) is 0 Å². The molecule has 1 amide bonds. The molecule has 0 aliphatic rings. The maximum atomic E-state index is 11.5. The number of nitrogens with one attached hydrogen (secondary N) is 1. The number of carbonyl (C=O) groups is 1. The van der Waals surface area contributed by atoms with E-state index in [1.807, 2.05) is 32.0 Å². The Hall–Kier alpha value is -1.97. The first-order valence-electron chi connectivity index (χ1n) is 6.20. The van der Waals surface area contributed by atoms with Crippen LogP contribution >= 0.6 is 0 Å². The van der Waals surface area contributed by atoms with Gasteiger partial charge in [-0.25, -0.2) is 0 Å². The van der Waals surface area contributed by atoms with Gasteiger partial charge in [0.2, 0.25) is 5.91 Å². The Morgan fingerprint density at radius 3 is 2.58 bits per heavy atom. The third-order valence-corrected chi connectivity index (χ3v) is 2.60. The quantitative estimate of drug-likeness (QED) is 0.801. The molecule has 0 aliphatic heterocycles. The molecule has 0 bridgehead atoms. The number of ether oxygens (including phenoxy) is 2. The van der Waals surface area contributed by atoms with Gasteiger partial charge in [0, 0.05) is 12.6 Å². The van der Waals surface area contributed by atoms with Crippen LogP contribution in [0.5, 0.6) is 11.5 Å². The Kier molecular flexibility index (Phi) is 5.93. The highest BCUT2D eigenvalue weighted by molar-refractivity contribution is 5.87. The Morgan fingerprint density at radius 1 is 1.26 bits per heavy atom. The third kappa shape index (κ3) is 5.04. The molecule has 0 saturated heterocycles. The minimum absolute atomic E-state index is 0.0677. The molecule has 0 aromatic heterocycles. The van der Waals surface area contributed by atoms with Gasteiger partial charge < -0.3 is 14.8 Å². The van der Waals surface area contributed by atoms with Crippen LogP contribution in [0.15, 0.2) is 29.8 Å². The number of amides is 1. The fourth-order valence-corrected chi connectivity index (χ4v) is 1.71. The lowest BCUT2D eigenvalue weighted by Crippen LogP contribution is -2.24. The molecule has 0 heterocycles. The van der Waals surface area contributed by atoms with Gasteiger partial charge in [0.05, 0.1) is 14.2 Å². The Bertz CT molecular complexity index is 462. The molecule has 1 aromatic rings. The van der Waals surface area contributed by atoms with Crippen LogP contribution < -0.4 is 14.8 Å². The van der Waals surface area contributed by atoms with Crippen molar-refractivity contribution < 1.29 is 14.3 Å². The lowest BCUT2D eigenvalue weighted by Gasteiger charge is -2.10. The summed E-state index contributed by atoms with van der Waals surface area (Å²) in [5, 5.41) is 2.84. The molecule has 4 heteroatoms. The zero-order chi connectivity index (χ0) is 14.3. The summed E-state index contributed by atoms with van der Waals surface area (Å²) in [6.07, 6.45) is 2.28. The predicted molar refractivity (Wildman–Crippen MR) is 75.7 cm³/mol. The van der Waals surface area contributed by atoms with E-state index in [9.17, 15) is 4.79 Å². The van der Waals surface area contributed by atoms with E-state index >= 15 is 0 Å². The van der Waals surface area contributed by atoms with Gasteiger partial charge >= 0.3 is 0 Å². The SMILES string of the molecule is COc1ccc(OC)c(CCNC(=O)C=C(C)C)c1. The molecule has 0 fully saturated rings. The fourth-order valence-electron chi connectivity index (χ4n) is 1.71. The van der Waals surface area contributed by atoms with E-state index in [-0.39, 0.29) is 5.91 Å². The standard InChI is InChI=1S/C15H21NO3/c1-11(2)9-15(17)16-8-7-12-10-13(18-3)5-6-14(12)19-4/h5-6,9-10H,7-8H2,1-4H3,(H,16,17). The Morgan fingerprint density at radius 2 is 2.00 bits per heavy atom. The van der Waals surface area contributed by atoms with E-state index in [2.05, 4.69) is 5.32 Å². The van der Waals surface area contributed by atoms with Crippen molar-refractivity contribution in [3.8, 4) is 11.5 Å². The van der Waals surface area contributed by atoms with Crippen LogP contribution in [0.3, 0.4) is 0 Å². The highest BCUT2D eigenvalue weighted by Crippen LogP contribution is 2.24. The van der Waals surface area contributed by atoms with E-state index < -0.39 is 0 Å². The first-order chi connectivity index (χ1) is 9.06. The maximum Gasteiger partial charge on any atom is 0.243 e. The molecule has 0 unspecified atom stereocenters. The molecular formula is C15H21NO3. The molecule has 4 nitrogen and oxygen atoms in total. The first-order valence-corrected chi connectivity index (χ1v) is 6.20. The molecule has 1 aromatic carbocycles. The van der Waals surface area contributed by atoms with Gasteiger partial charge in [0.25, 0.3) is 0 Å². The number of methoxy groups -OCH3 is 2. The second kappa shape index (κ2) is 7.46. The zero-order valence-corrected chi connectivity index (χ0v) is 11.9. The molecule has 0 saturated carbocycles. The van der Waals surface area contributed by atoms with Gasteiger partial charge in [-0.3, -0.25) is 4.79 Å². The van der Waals surface area contributed by atoms with Crippen molar-refractivity contribution in [3.05, 3.63) is 35.4 Å². The smallest absolute Gasteiger partial charge is 0.243 e. The minimum atomic E-state index is -0.0677. The average Bonchev–Trinajstić information content (AvgIpc) is 2.37. The van der Waals surface area contributed by atoms with E-state index in [4.69, 9.17) is 9.47 Å². The summed E-state index contributed by atoms with van der Waals surface area (Å²) in [5.74, 6) is 1.52. The van der Waals surface area contributed by atoms with Gasteiger partial charge in [-0.15, -0.1) is 0 Å². The van der Waals surface area contributed by atoms with Crippen molar-refractivity contribution in [2.45, 2.75) is 20.3 Å². The normalized spacial score (nSPS) is 9.68. The molecule has 0 radical (unpaired) electrons. The maximum absolute atomic E-state index is 11.5. The summed E-state index contributed by atoms with van der Waals surface area (Å²) in [7, 11) is 3.26. The Balaban J connectivity index is 2.61. The van der Waals surface area contributed by atoms with E-state index in [1.165, 1.54) is 0 Å². The minimum Gasteiger partial charge on any atom is -0.497 e. The second-order valence-corrected chi connectivity index (χ2v) is 4.44. The van der Waals surface area contributed by atoms with Crippen LogP contribution in [0, 0.1) is 0 Å². The molecule has 0 atom stereocenters. The highest BCUT2D eigenvalue weighted by Gasteiger charge is 2.05.